The molecule has 2 unspecified atom stereocenters. The van der Waals surface area contributed by atoms with E-state index in [1.165, 1.54) is 6.07 Å². The minimum atomic E-state index is -0.0560. The van der Waals surface area contributed by atoms with Gasteiger partial charge in [0.25, 0.3) is 0 Å². The molecule has 0 radical (unpaired) electrons. The van der Waals surface area contributed by atoms with Crippen molar-refractivity contribution in [2.45, 2.75) is 25.3 Å². The Labute approximate surface area is 165 Å². The zero-order chi connectivity index (χ0) is 18.8. The average molecular weight is 396 g/mol. The number of fused-ring (bicyclic) bond motifs is 1. The summed E-state index contributed by atoms with van der Waals surface area (Å²) in [6.45, 7) is 2.85. The highest BCUT2D eigenvalue weighted by atomic mass is 35.5. The Kier molecular flexibility index (Phi) is 6.68. The number of rotatable bonds is 5. The largest absolute Gasteiger partial charge is 0.508 e. The first-order valence-electron chi connectivity index (χ1n) is 8.58. The Morgan fingerprint density at radius 2 is 1.63 bits per heavy atom. The van der Waals surface area contributed by atoms with Crippen molar-refractivity contribution in [3.63, 3.8) is 0 Å². The van der Waals surface area contributed by atoms with Gasteiger partial charge in [0.2, 0.25) is 5.75 Å². The van der Waals surface area contributed by atoms with Gasteiger partial charge in [0.15, 0.2) is 11.5 Å². The molecule has 27 heavy (non-hydrogen) atoms. The van der Waals surface area contributed by atoms with Crippen LogP contribution >= 0.6 is 12.4 Å². The molecular weight excluding hydrogens is 370 g/mol. The van der Waals surface area contributed by atoms with E-state index < -0.39 is 0 Å². The molecule has 148 valence electrons. The molecule has 7 heteroatoms. The standard InChI is InChI=1S/C20H25NO5.ClH/c1-11(12-7-17(24-2)20(26-4)18(8-12)25-3)19-15-9-13(22)10-16(23)14(15)5-6-21-19;/h7-11,19,21-23H,5-6H2,1-4H3;1H. The first kappa shape index (κ1) is 21.0. The summed E-state index contributed by atoms with van der Waals surface area (Å²) >= 11 is 0. The number of methoxy groups -OCH3 is 3. The second kappa shape index (κ2) is 8.59. The van der Waals surface area contributed by atoms with Crippen molar-refractivity contribution in [2.24, 2.45) is 0 Å². The van der Waals surface area contributed by atoms with Crippen molar-refractivity contribution in [3.05, 3.63) is 41.0 Å². The van der Waals surface area contributed by atoms with Gasteiger partial charge in [0, 0.05) is 23.6 Å². The molecule has 0 saturated heterocycles. The lowest BCUT2D eigenvalue weighted by molar-refractivity contribution is 0.322. The lowest BCUT2D eigenvalue weighted by Gasteiger charge is -2.32. The van der Waals surface area contributed by atoms with Gasteiger partial charge >= 0.3 is 0 Å². The van der Waals surface area contributed by atoms with Crippen molar-refractivity contribution in [3.8, 4) is 28.7 Å². The summed E-state index contributed by atoms with van der Waals surface area (Å²) in [7, 11) is 4.76. The molecule has 0 saturated carbocycles. The van der Waals surface area contributed by atoms with E-state index in [-0.39, 0.29) is 35.9 Å². The van der Waals surface area contributed by atoms with Crippen LogP contribution in [0.4, 0.5) is 0 Å². The molecule has 2 aromatic rings. The molecule has 0 bridgehead atoms. The summed E-state index contributed by atoms with van der Waals surface area (Å²) in [4.78, 5) is 0. The number of hydrogen-bond acceptors (Lipinski definition) is 6. The van der Waals surface area contributed by atoms with Gasteiger partial charge in [-0.25, -0.2) is 0 Å². The van der Waals surface area contributed by atoms with Crippen LogP contribution < -0.4 is 19.5 Å². The average Bonchev–Trinajstić information content (AvgIpc) is 2.65. The Morgan fingerprint density at radius 3 is 2.19 bits per heavy atom. The molecule has 2 atom stereocenters. The smallest absolute Gasteiger partial charge is 0.203 e. The van der Waals surface area contributed by atoms with Gasteiger partial charge in [0.1, 0.15) is 11.5 Å². The molecule has 3 N–H and O–H groups in total. The Hall–Kier alpha value is -2.31. The Morgan fingerprint density at radius 1 is 1.00 bits per heavy atom. The maximum absolute atomic E-state index is 10.2. The van der Waals surface area contributed by atoms with Gasteiger partial charge in [-0.1, -0.05) is 6.92 Å². The first-order valence-corrected chi connectivity index (χ1v) is 8.58. The molecule has 0 aliphatic carbocycles. The van der Waals surface area contributed by atoms with E-state index in [1.807, 2.05) is 12.1 Å². The van der Waals surface area contributed by atoms with Crippen LogP contribution in [-0.4, -0.2) is 38.1 Å². The van der Waals surface area contributed by atoms with Gasteiger partial charge in [-0.2, -0.15) is 0 Å². The van der Waals surface area contributed by atoms with Gasteiger partial charge in [-0.3, -0.25) is 0 Å². The summed E-state index contributed by atoms with van der Waals surface area (Å²) < 4.78 is 16.3. The van der Waals surface area contributed by atoms with Crippen molar-refractivity contribution >= 4 is 12.4 Å². The predicted octanol–water partition coefficient (Wildman–Crippen LogP) is 3.54. The fourth-order valence-electron chi connectivity index (χ4n) is 3.68. The summed E-state index contributed by atoms with van der Waals surface area (Å²) in [6.07, 6.45) is 0.722. The molecule has 1 heterocycles. The Balaban J connectivity index is 0.00000261. The summed E-state index contributed by atoms with van der Waals surface area (Å²) in [5.41, 5.74) is 2.80. The monoisotopic (exact) mass is 395 g/mol. The molecule has 0 fully saturated rings. The quantitative estimate of drug-likeness (QED) is 0.718. The van der Waals surface area contributed by atoms with Gasteiger partial charge in [-0.15, -0.1) is 12.4 Å². The minimum absolute atomic E-state index is 0. The molecule has 6 nitrogen and oxygen atoms in total. The van der Waals surface area contributed by atoms with E-state index in [0.29, 0.717) is 17.2 Å². The van der Waals surface area contributed by atoms with Gasteiger partial charge < -0.3 is 29.7 Å². The highest BCUT2D eigenvalue weighted by Crippen LogP contribution is 2.44. The summed E-state index contributed by atoms with van der Waals surface area (Å²) in [5, 5.41) is 23.6. The third-order valence-electron chi connectivity index (χ3n) is 5.03. The molecule has 0 aromatic heterocycles. The van der Waals surface area contributed by atoms with Crippen LogP contribution in [0.1, 0.15) is 35.6 Å². The normalized spacial score (nSPS) is 16.7. The van der Waals surface area contributed by atoms with E-state index in [4.69, 9.17) is 14.2 Å². The molecule has 0 spiro atoms. The van der Waals surface area contributed by atoms with Gasteiger partial charge in [0.05, 0.1) is 21.3 Å². The molecule has 3 rings (SSSR count). The number of aromatic hydroxyl groups is 2. The number of hydrogen-bond donors (Lipinski definition) is 3. The lowest BCUT2D eigenvalue weighted by Crippen LogP contribution is -2.33. The van der Waals surface area contributed by atoms with Crippen LogP contribution in [0.15, 0.2) is 24.3 Å². The molecule has 2 aromatic carbocycles. The fourth-order valence-corrected chi connectivity index (χ4v) is 3.68. The van der Waals surface area contributed by atoms with Crippen molar-refractivity contribution in [2.75, 3.05) is 27.9 Å². The number of nitrogens with one attached hydrogen (secondary N) is 1. The van der Waals surface area contributed by atoms with E-state index in [1.54, 1.807) is 27.4 Å². The van der Waals surface area contributed by atoms with Crippen molar-refractivity contribution in [1.29, 1.82) is 0 Å². The van der Waals surface area contributed by atoms with Crippen LogP contribution in [0.5, 0.6) is 28.7 Å². The van der Waals surface area contributed by atoms with E-state index in [2.05, 4.69) is 12.2 Å². The van der Waals surface area contributed by atoms with Crippen molar-refractivity contribution in [1.82, 2.24) is 5.32 Å². The number of phenolic OH excluding ortho intramolecular Hbond substituents is 2. The summed E-state index contributed by atoms with van der Waals surface area (Å²) in [6, 6.07) is 6.93. The minimum Gasteiger partial charge on any atom is -0.508 e. The van der Waals surface area contributed by atoms with E-state index in [9.17, 15) is 10.2 Å². The molecule has 1 aliphatic heterocycles. The number of ether oxygens (including phenoxy) is 3. The highest BCUT2D eigenvalue weighted by molar-refractivity contribution is 5.85. The van der Waals surface area contributed by atoms with Crippen LogP contribution in [0.3, 0.4) is 0 Å². The van der Waals surface area contributed by atoms with Crippen LogP contribution in [-0.2, 0) is 6.42 Å². The third-order valence-corrected chi connectivity index (χ3v) is 5.03. The maximum atomic E-state index is 10.2. The van der Waals surface area contributed by atoms with E-state index >= 15 is 0 Å². The predicted molar refractivity (Wildman–Crippen MR) is 106 cm³/mol. The van der Waals surface area contributed by atoms with Crippen molar-refractivity contribution < 1.29 is 24.4 Å². The zero-order valence-corrected chi connectivity index (χ0v) is 16.7. The number of phenols is 2. The number of benzene rings is 2. The third kappa shape index (κ3) is 3.87. The van der Waals surface area contributed by atoms with Crippen LogP contribution in [0, 0.1) is 0 Å². The second-order valence-electron chi connectivity index (χ2n) is 6.46. The topological polar surface area (TPSA) is 80.2 Å². The molecule has 1 aliphatic rings. The van der Waals surface area contributed by atoms with Crippen LogP contribution in [0.25, 0.3) is 0 Å². The zero-order valence-electron chi connectivity index (χ0n) is 15.9. The SMILES string of the molecule is COc1cc(C(C)C2NCCc3c(O)cc(O)cc32)cc(OC)c1OC.Cl. The summed E-state index contributed by atoms with van der Waals surface area (Å²) in [5.74, 6) is 2.00. The fraction of sp³-hybridized carbons (Fsp3) is 0.400. The van der Waals surface area contributed by atoms with Gasteiger partial charge in [-0.05, 0) is 42.3 Å². The maximum Gasteiger partial charge on any atom is 0.203 e. The van der Waals surface area contributed by atoms with E-state index in [0.717, 1.165) is 29.7 Å². The number of halogens is 1. The highest BCUT2D eigenvalue weighted by Gasteiger charge is 2.29. The van der Waals surface area contributed by atoms with Crippen LogP contribution in [0.2, 0.25) is 0 Å². The first-order chi connectivity index (χ1) is 12.5. The Bertz CT molecular complexity index is 786. The molecule has 0 amide bonds. The second-order valence-corrected chi connectivity index (χ2v) is 6.46. The lowest BCUT2D eigenvalue weighted by atomic mass is 9.83. The molecular formula is C20H26ClNO5.